The number of ether oxygens (including phenoxy) is 7. The van der Waals surface area contributed by atoms with Gasteiger partial charge in [0, 0.05) is 17.9 Å². The first kappa shape index (κ1) is 81.5. The number of aldehydes is 1. The second-order valence-electron chi connectivity index (χ2n) is 26.7. The largest absolute Gasteiger partial charge is 0.462 e. The van der Waals surface area contributed by atoms with Crippen LogP contribution in [0.25, 0.3) is 0 Å². The Bertz CT molecular complexity index is 3800. The maximum absolute atomic E-state index is 15.3. The fraction of sp³-hybridized carbons (Fsp3) is 0.529. The zero-order valence-electron chi connectivity index (χ0n) is 58.2. The number of hydrogen-bond donors (Lipinski definition) is 20. The third-order valence-electron chi connectivity index (χ3n) is 19.7. The lowest BCUT2D eigenvalue weighted by Gasteiger charge is -2.48. The van der Waals surface area contributed by atoms with Crippen LogP contribution in [-0.4, -0.2) is 311 Å². The summed E-state index contributed by atoms with van der Waals surface area (Å²) < 4.78 is 41.7. The molecule has 5 amide bonds. The number of aliphatic hydroxyl groups is 12. The summed E-state index contributed by atoms with van der Waals surface area (Å²) in [6.07, 6.45) is -29.1. The van der Waals surface area contributed by atoms with Gasteiger partial charge in [-0.3, -0.25) is 34.0 Å². The van der Waals surface area contributed by atoms with Crippen LogP contribution >= 0.6 is 0 Å². The third kappa shape index (κ3) is 18.5. The van der Waals surface area contributed by atoms with Crippen molar-refractivity contribution in [2.24, 2.45) is 27.2 Å². The van der Waals surface area contributed by atoms with Gasteiger partial charge in [-0.2, -0.15) is 5.26 Å². The van der Waals surface area contributed by atoms with Crippen molar-refractivity contribution in [3.63, 3.8) is 0 Å². The van der Waals surface area contributed by atoms with E-state index in [9.17, 15) is 85.7 Å². The average Bonchev–Trinajstić information content (AvgIpc) is 1.12. The quantitative estimate of drug-likeness (QED) is 0.0126. The number of carbonyl (C=O) groups is 6. The van der Waals surface area contributed by atoms with Crippen LogP contribution in [0.2, 0.25) is 0 Å². The normalized spacial score (nSPS) is 30.5. The minimum Gasteiger partial charge on any atom is -0.462 e. The van der Waals surface area contributed by atoms with Crippen LogP contribution in [0.3, 0.4) is 0 Å². The van der Waals surface area contributed by atoms with E-state index in [4.69, 9.17) is 50.4 Å². The van der Waals surface area contributed by atoms with Crippen molar-refractivity contribution in [1.82, 2.24) is 36.4 Å². The summed E-state index contributed by atoms with van der Waals surface area (Å²) in [6, 6.07) is 18.1. The van der Waals surface area contributed by atoms with Gasteiger partial charge < -0.3 is 148 Å². The number of nitriles is 1. The number of hydrogen-bond acceptors (Lipinski definition) is 33. The Morgan fingerprint density at radius 3 is 1.95 bits per heavy atom. The molecule has 4 saturated heterocycles. The second kappa shape index (κ2) is 36.9. The first-order valence-electron chi connectivity index (χ1n) is 34.9. The van der Waals surface area contributed by atoms with Crippen molar-refractivity contribution in [3.05, 3.63) is 137 Å². The van der Waals surface area contributed by atoms with Crippen LogP contribution in [-0.2, 0) is 70.0 Å². The Kier molecular flexibility index (Phi) is 27.9. The number of fused-ring (bicyclic) bond motifs is 1. The van der Waals surface area contributed by atoms with Crippen molar-refractivity contribution in [2.45, 2.75) is 185 Å². The van der Waals surface area contributed by atoms with E-state index >= 15 is 9.59 Å². The third-order valence-corrected chi connectivity index (χ3v) is 19.7. The Morgan fingerprint density at radius 1 is 0.694 bits per heavy atom. The summed E-state index contributed by atoms with van der Waals surface area (Å²) in [6.45, 7) is -2.93. The molecular formula is C70H91N13O25. The number of nitrogens with zero attached hydrogens (tertiary/aromatic N) is 5. The van der Waals surface area contributed by atoms with E-state index < -0.39 is 234 Å². The number of benzene rings is 4. The van der Waals surface area contributed by atoms with Gasteiger partial charge in [-0.05, 0) is 47.2 Å². The maximum Gasteiger partial charge on any atom is 0.261 e. The SMILES string of the molecule is CCC(c1ccccc1)[C@H](NC(=O)CN)C(=O)N[C@@H](Cc1ccc(OC2OC(CO)C(OC3OC4COC(c5ccc(Cc6ccccc6)cc5)OC4C(O)C3O)C(O)C2O)cc1)C(=O)N[C@H](C(=O)N[C@H](C(=O)N(C#N)[C@H](C=O)CO)C(O)C1CN=C(N)N1C1OC(CO)C(O)C(O)C1O)C(O)C1CN=C(N)N1. The van der Waals surface area contributed by atoms with Gasteiger partial charge in [0.25, 0.3) is 5.91 Å². The number of aliphatic imine (C=N–C) groups is 2. The van der Waals surface area contributed by atoms with Crippen LogP contribution in [0, 0.1) is 11.5 Å². The van der Waals surface area contributed by atoms with Crippen molar-refractivity contribution in [1.29, 1.82) is 5.26 Å². The number of amides is 5. The molecule has 0 bridgehead atoms. The first-order valence-corrected chi connectivity index (χ1v) is 34.9. The van der Waals surface area contributed by atoms with Gasteiger partial charge in [0.05, 0.1) is 58.1 Å². The number of aliphatic hydroxyl groups excluding tert-OH is 12. The van der Waals surface area contributed by atoms with Crippen molar-refractivity contribution in [3.8, 4) is 11.9 Å². The molecule has 38 nitrogen and oxygen atoms in total. The Hall–Kier alpha value is -9.03. The van der Waals surface area contributed by atoms with Gasteiger partial charge in [-0.15, -0.1) is 0 Å². The van der Waals surface area contributed by atoms with Crippen molar-refractivity contribution < 1.29 is 123 Å². The highest BCUT2D eigenvalue weighted by molar-refractivity contribution is 5.97. The molecule has 0 aromatic heterocycles. The number of rotatable bonds is 31. The molecule has 4 fully saturated rings. The zero-order valence-corrected chi connectivity index (χ0v) is 58.2. The summed E-state index contributed by atoms with van der Waals surface area (Å²) in [7, 11) is 0. The molecule has 586 valence electrons. The number of carbonyl (C=O) groups excluding carboxylic acids is 6. The van der Waals surface area contributed by atoms with Gasteiger partial charge >= 0.3 is 0 Å². The smallest absolute Gasteiger partial charge is 0.261 e. The fourth-order valence-electron chi connectivity index (χ4n) is 13.7. The molecule has 6 heterocycles. The van der Waals surface area contributed by atoms with E-state index in [-0.39, 0.29) is 48.0 Å². The molecule has 10 rings (SSSR count). The predicted octanol–water partition coefficient (Wildman–Crippen LogP) is -8.65. The molecule has 26 atom stereocenters. The molecule has 4 aromatic carbocycles. The Labute approximate surface area is 617 Å². The van der Waals surface area contributed by atoms with E-state index in [0.717, 1.165) is 16.0 Å². The molecule has 0 spiro atoms. The minimum atomic E-state index is -2.50. The maximum atomic E-state index is 15.3. The lowest BCUT2D eigenvalue weighted by atomic mass is 9.88. The van der Waals surface area contributed by atoms with Crippen LogP contribution in [0.15, 0.2) is 119 Å². The van der Waals surface area contributed by atoms with E-state index in [0.29, 0.717) is 17.5 Å². The lowest BCUT2D eigenvalue weighted by molar-refractivity contribution is -0.383. The summed E-state index contributed by atoms with van der Waals surface area (Å²) >= 11 is 0. The van der Waals surface area contributed by atoms with E-state index in [1.165, 1.54) is 30.5 Å². The summed E-state index contributed by atoms with van der Waals surface area (Å²) in [5, 5.41) is 157. The van der Waals surface area contributed by atoms with Gasteiger partial charge in [0.15, 0.2) is 36.9 Å². The number of nitrogens with one attached hydrogen (secondary N) is 5. The highest BCUT2D eigenvalue weighted by atomic mass is 16.8. The predicted molar refractivity (Wildman–Crippen MR) is 370 cm³/mol. The summed E-state index contributed by atoms with van der Waals surface area (Å²) in [4.78, 5) is 94.7. The standard InChI is InChI=1S/C70H91N13O25/c1-2-39(35-11-7-4-8-12-35)47(79-46(88)23-71)62(99)77-40(61(98)80-48(50(89)41-24-75-69(73)78-41)63(100)81-49(64(101)82(31-72)37(26-84)27-85)51(90)42-25-76-70(74)83(42)65-56(95)53(92)52(91)43(28-86)104-65)22-34-15-19-38(20-16-34)103-67-57(96)54(93)59(44(29-87)105-67)108-68-58(97)55(94)60-45(106-68)30-102-66(107-60)36-17-13-33(14-18-36)21-32-9-5-3-6-10-32/h3-20,26,37,39-45,47-60,65-68,85-87,89-97H,2,21-25,27-30,71H2,1H3,(H2,74,76)(H,77,99)(H,79,88)(H,80,98)(H,81,100)(H3,73,75,78)/t37-,39?,40+,41?,42?,43?,44?,45?,47+,48+,49+,50?,51?,52?,53?,54?,55?,56?,57?,58?,59?,60?,65?,66?,67?,68?/m1/s1. The minimum absolute atomic E-state index is 0.00927. The van der Waals surface area contributed by atoms with Crippen LogP contribution < -0.4 is 48.5 Å². The first-order chi connectivity index (χ1) is 51.8. The van der Waals surface area contributed by atoms with Crippen LogP contribution in [0.5, 0.6) is 5.75 Å². The Morgan fingerprint density at radius 2 is 1.33 bits per heavy atom. The molecular weight excluding hydrogens is 1420 g/mol. The topological polar surface area (TPSA) is 603 Å². The fourth-order valence-corrected chi connectivity index (χ4v) is 13.7. The van der Waals surface area contributed by atoms with Crippen molar-refractivity contribution in [2.75, 3.05) is 46.1 Å². The molecule has 23 N–H and O–H groups in total. The molecule has 21 unspecified atom stereocenters. The molecule has 38 heteroatoms. The number of nitrogens with two attached hydrogens (primary N) is 3. The van der Waals surface area contributed by atoms with Crippen LogP contribution in [0.4, 0.5) is 0 Å². The molecule has 6 aliphatic heterocycles. The molecule has 6 aliphatic rings. The van der Waals surface area contributed by atoms with Gasteiger partial charge in [-0.25, -0.2) is 4.90 Å². The second-order valence-corrected chi connectivity index (χ2v) is 26.7. The van der Waals surface area contributed by atoms with Gasteiger partial charge in [0.2, 0.25) is 29.9 Å². The monoisotopic (exact) mass is 1510 g/mol. The molecule has 0 radical (unpaired) electrons. The van der Waals surface area contributed by atoms with Crippen LogP contribution in [0.1, 0.15) is 53.4 Å². The number of guanidine groups is 2. The summed E-state index contributed by atoms with van der Waals surface area (Å²) in [5.74, 6) is -7.82. The van der Waals surface area contributed by atoms with E-state index in [1.807, 2.05) is 54.6 Å². The zero-order chi connectivity index (χ0) is 77.8. The average molecular weight is 1510 g/mol. The summed E-state index contributed by atoms with van der Waals surface area (Å²) in [5.41, 5.74) is 21.5. The molecule has 0 saturated carbocycles. The van der Waals surface area contributed by atoms with Gasteiger partial charge in [-0.1, -0.05) is 104 Å². The lowest BCUT2D eigenvalue weighted by Crippen LogP contribution is -2.70. The molecule has 0 aliphatic carbocycles. The molecule has 108 heavy (non-hydrogen) atoms. The van der Waals surface area contributed by atoms with Crippen molar-refractivity contribution >= 4 is 47.7 Å². The van der Waals surface area contributed by atoms with E-state index in [1.54, 1.807) is 37.3 Å². The van der Waals surface area contributed by atoms with E-state index in [2.05, 4.69) is 36.6 Å². The highest BCUT2D eigenvalue weighted by Crippen LogP contribution is 2.38. The molecule has 4 aromatic rings. The Balaban J connectivity index is 0.883. The highest BCUT2D eigenvalue weighted by Gasteiger charge is 2.56. The van der Waals surface area contributed by atoms with Gasteiger partial charge in [0.1, 0.15) is 128 Å².